The molecule has 2 heterocycles. The van der Waals surface area contributed by atoms with E-state index in [2.05, 4.69) is 0 Å². The summed E-state index contributed by atoms with van der Waals surface area (Å²) in [6.07, 6.45) is -12.3. The van der Waals surface area contributed by atoms with Gasteiger partial charge in [-0.05, 0) is 26.3 Å². The highest BCUT2D eigenvalue weighted by Crippen LogP contribution is 2.51. The molecule has 2 aliphatic heterocycles. The van der Waals surface area contributed by atoms with E-state index in [0.717, 1.165) is 41.5 Å². The molecule has 0 radical (unpaired) electrons. The molecule has 2 N–H and O–H groups in total. The molecule has 3 rings (SSSR count). The van der Waals surface area contributed by atoms with Gasteiger partial charge in [-0.2, -0.15) is 0 Å². The fraction of sp³-hybridized carbons (Fsp3) is 0.763. The average Bonchev–Trinajstić information content (AvgIpc) is 3.05. The molecule has 13 atom stereocenters. The van der Waals surface area contributed by atoms with Gasteiger partial charge < -0.3 is 62.3 Å². The Hall–Kier alpha value is -4.21. The Balaban J connectivity index is 2.02. The number of carbonyl (C=O) groups excluding carboxylic acids is 7. The molecule has 2 saturated heterocycles. The van der Waals surface area contributed by atoms with Gasteiger partial charge in [-0.15, -0.1) is 0 Å². The maximum Gasteiger partial charge on any atom is 0.303 e. The largest absolute Gasteiger partial charge is 0.459 e. The van der Waals surface area contributed by atoms with E-state index in [1.54, 1.807) is 20.8 Å². The zero-order chi connectivity index (χ0) is 43.9. The lowest BCUT2D eigenvalue weighted by Crippen LogP contribution is -2.67. The van der Waals surface area contributed by atoms with E-state index >= 15 is 0 Å². The number of rotatable bonds is 14. The number of aliphatic hydroxyl groups is 2. The lowest BCUT2D eigenvalue weighted by Gasteiger charge is -2.56. The van der Waals surface area contributed by atoms with Gasteiger partial charge in [-0.1, -0.05) is 19.9 Å². The van der Waals surface area contributed by atoms with Crippen molar-refractivity contribution >= 4 is 41.8 Å². The van der Waals surface area contributed by atoms with Crippen molar-refractivity contribution in [2.45, 2.75) is 168 Å². The molecule has 1 unspecified atom stereocenters. The van der Waals surface area contributed by atoms with E-state index in [9.17, 15) is 43.8 Å². The SMILES string of the molecule is CC(=O)OC(C)/C=C/[C@@]1(O)C(C)(C)C[C@H](O[C@@H]2O[C@H](CO[C@@H]3OC[C@@H](OC(C)=O)[C@H](OC(C)=O)[C@H]3OC(C)=O)[C@@H](OC(C)=O)[C@H](OC(C)=O)[C@H]2OC(C)=O)C[C@@]1(C)O. The predicted octanol–water partition coefficient (Wildman–Crippen LogP) is 0.870. The molecule has 3 fully saturated rings. The number of esters is 7. The first-order chi connectivity index (χ1) is 26.8. The zero-order valence-electron chi connectivity index (χ0n) is 34.6. The third-order valence-corrected chi connectivity index (χ3v) is 9.73. The van der Waals surface area contributed by atoms with Crippen LogP contribution in [-0.2, 0) is 85.7 Å². The van der Waals surface area contributed by atoms with Crippen molar-refractivity contribution in [2.75, 3.05) is 13.2 Å². The quantitative estimate of drug-likeness (QED) is 0.140. The molecule has 0 aromatic heterocycles. The Bertz CT molecular complexity index is 1540. The molecule has 20 heteroatoms. The molecule has 0 aromatic rings. The summed E-state index contributed by atoms with van der Waals surface area (Å²) in [6, 6.07) is 0. The fourth-order valence-electron chi connectivity index (χ4n) is 7.53. The molecule has 0 aromatic carbocycles. The average molecular weight is 833 g/mol. The van der Waals surface area contributed by atoms with Crippen molar-refractivity contribution in [1.29, 1.82) is 0 Å². The van der Waals surface area contributed by atoms with Gasteiger partial charge in [0.25, 0.3) is 0 Å². The topological polar surface area (TPSA) is 261 Å². The van der Waals surface area contributed by atoms with E-state index in [1.165, 1.54) is 26.0 Å². The second-order valence-electron chi connectivity index (χ2n) is 15.4. The molecule has 0 spiro atoms. The van der Waals surface area contributed by atoms with E-state index < -0.39 is 133 Å². The van der Waals surface area contributed by atoms with Crippen molar-refractivity contribution in [3.8, 4) is 0 Å². The van der Waals surface area contributed by atoms with E-state index in [1.807, 2.05) is 0 Å². The molecular weight excluding hydrogens is 776 g/mol. The molecule has 0 bridgehead atoms. The molecular formula is C38H56O20. The lowest BCUT2D eigenvalue weighted by molar-refractivity contribution is -0.340. The van der Waals surface area contributed by atoms with Crippen LogP contribution >= 0.6 is 0 Å². The normalized spacial score (nSPS) is 35.1. The van der Waals surface area contributed by atoms with Crippen molar-refractivity contribution < 1.29 is 95.9 Å². The third kappa shape index (κ3) is 12.4. The van der Waals surface area contributed by atoms with Crippen LogP contribution in [0.4, 0.5) is 0 Å². The van der Waals surface area contributed by atoms with Gasteiger partial charge in [0.05, 0.1) is 24.9 Å². The summed E-state index contributed by atoms with van der Waals surface area (Å²) < 4.78 is 62.4. The second kappa shape index (κ2) is 19.7. The summed E-state index contributed by atoms with van der Waals surface area (Å²) in [6.45, 7) is 13.1. The second-order valence-corrected chi connectivity index (χ2v) is 15.4. The van der Waals surface area contributed by atoms with Crippen LogP contribution in [-0.4, -0.2) is 144 Å². The number of hydrogen-bond acceptors (Lipinski definition) is 20. The van der Waals surface area contributed by atoms with E-state index in [0.29, 0.717) is 0 Å². The molecule has 1 saturated carbocycles. The molecule has 1 aliphatic carbocycles. The first-order valence-corrected chi connectivity index (χ1v) is 18.7. The van der Waals surface area contributed by atoms with Crippen LogP contribution in [0.25, 0.3) is 0 Å². The Kier molecular flexibility index (Phi) is 16.4. The van der Waals surface area contributed by atoms with Gasteiger partial charge in [0, 0.05) is 60.3 Å². The Morgan fingerprint density at radius 3 is 1.64 bits per heavy atom. The molecule has 328 valence electrons. The molecule has 0 amide bonds. The van der Waals surface area contributed by atoms with Gasteiger partial charge in [-0.3, -0.25) is 33.6 Å². The maximum absolute atomic E-state index is 12.5. The Labute approximate surface area is 336 Å². The van der Waals surface area contributed by atoms with Crippen LogP contribution in [0.2, 0.25) is 0 Å². The van der Waals surface area contributed by atoms with Gasteiger partial charge in [0.1, 0.15) is 17.8 Å². The highest BCUT2D eigenvalue weighted by molar-refractivity contribution is 5.69. The van der Waals surface area contributed by atoms with Gasteiger partial charge in [0.2, 0.25) is 0 Å². The summed E-state index contributed by atoms with van der Waals surface area (Å²) in [5, 5.41) is 23.7. The van der Waals surface area contributed by atoms with Gasteiger partial charge >= 0.3 is 41.8 Å². The van der Waals surface area contributed by atoms with E-state index in [4.69, 9.17) is 52.1 Å². The fourth-order valence-corrected chi connectivity index (χ4v) is 7.53. The standard InChI is InChI=1S/C38H56O20/c1-18(50-19(2)39)12-13-38(47)36(9,10)14-26(15-37(38,11)46)57-35-33(56-25(8)45)31(54-23(6)43)29(52-21(4)41)28(58-35)17-49-34-32(55-24(7)44)30(53-22(5)42)27(16-48-34)51-20(3)40/h12-13,18,26-35,46-47H,14-17H2,1-11H3/b13-12+/t18?,26-,27+,28+,29+,30-,31-,32+,33+,34-,35+,37+,38+/m0/s1. The third-order valence-electron chi connectivity index (χ3n) is 9.73. The summed E-state index contributed by atoms with van der Waals surface area (Å²) >= 11 is 0. The van der Waals surface area contributed by atoms with Crippen molar-refractivity contribution in [3.63, 3.8) is 0 Å². The number of carbonyl (C=O) groups is 7. The number of ether oxygens (including phenoxy) is 11. The van der Waals surface area contributed by atoms with Gasteiger partial charge in [0.15, 0.2) is 49.2 Å². The Morgan fingerprint density at radius 2 is 1.14 bits per heavy atom. The molecule has 58 heavy (non-hydrogen) atoms. The Morgan fingerprint density at radius 1 is 0.655 bits per heavy atom. The minimum atomic E-state index is -1.89. The van der Waals surface area contributed by atoms with Crippen LogP contribution in [0.5, 0.6) is 0 Å². The zero-order valence-corrected chi connectivity index (χ0v) is 34.6. The minimum absolute atomic E-state index is 0.0619. The maximum atomic E-state index is 12.5. The summed E-state index contributed by atoms with van der Waals surface area (Å²) in [4.78, 5) is 85.1. The van der Waals surface area contributed by atoms with Crippen LogP contribution in [0.3, 0.4) is 0 Å². The smallest absolute Gasteiger partial charge is 0.303 e. The first-order valence-electron chi connectivity index (χ1n) is 18.7. The number of hydrogen-bond donors (Lipinski definition) is 2. The minimum Gasteiger partial charge on any atom is -0.459 e. The van der Waals surface area contributed by atoms with Crippen LogP contribution in [0, 0.1) is 5.41 Å². The monoisotopic (exact) mass is 832 g/mol. The van der Waals surface area contributed by atoms with Crippen molar-refractivity contribution in [1.82, 2.24) is 0 Å². The summed E-state index contributed by atoms with van der Waals surface area (Å²) in [5.41, 5.74) is -4.91. The van der Waals surface area contributed by atoms with Crippen molar-refractivity contribution in [3.05, 3.63) is 12.2 Å². The molecule has 3 aliphatic rings. The highest BCUT2D eigenvalue weighted by Gasteiger charge is 2.61. The van der Waals surface area contributed by atoms with Crippen LogP contribution in [0.15, 0.2) is 12.2 Å². The summed E-state index contributed by atoms with van der Waals surface area (Å²) in [7, 11) is 0. The van der Waals surface area contributed by atoms with Crippen molar-refractivity contribution in [2.24, 2.45) is 5.41 Å². The molecule has 20 nitrogen and oxygen atoms in total. The lowest BCUT2D eigenvalue weighted by atomic mass is 9.57. The van der Waals surface area contributed by atoms with E-state index in [-0.39, 0.29) is 19.4 Å². The first kappa shape index (κ1) is 48.2. The predicted molar refractivity (Wildman–Crippen MR) is 192 cm³/mol. The summed E-state index contributed by atoms with van der Waals surface area (Å²) in [5.74, 6) is -5.50. The van der Waals surface area contributed by atoms with Gasteiger partial charge in [-0.25, -0.2) is 0 Å². The van der Waals surface area contributed by atoms with Crippen LogP contribution in [0.1, 0.15) is 89.0 Å². The van der Waals surface area contributed by atoms with Crippen LogP contribution < -0.4 is 0 Å². The highest BCUT2D eigenvalue weighted by atomic mass is 16.8.